The molecule has 3 heteroatoms. The number of carbonyl (C=O) groups excluding carboxylic acids is 2. The molecule has 154 valence electrons. The van der Waals surface area contributed by atoms with Crippen LogP contribution in [-0.4, -0.2) is 19.1 Å². The van der Waals surface area contributed by atoms with Crippen molar-refractivity contribution in [3.05, 3.63) is 64.7 Å². The lowest BCUT2D eigenvalue weighted by Gasteiger charge is -2.11. The normalized spacial score (nSPS) is 9.46. The molecule has 2 aromatic carbocycles. The van der Waals surface area contributed by atoms with Crippen LogP contribution in [0.1, 0.15) is 62.3 Å². The van der Waals surface area contributed by atoms with Crippen molar-refractivity contribution in [3.63, 3.8) is 0 Å². The van der Waals surface area contributed by atoms with Crippen LogP contribution in [-0.2, 0) is 22.4 Å². The van der Waals surface area contributed by atoms with E-state index >= 15 is 0 Å². The lowest BCUT2D eigenvalue weighted by Crippen LogP contribution is -2.06. The Morgan fingerprint density at radius 1 is 0.929 bits per heavy atom. The average molecular weight is 384 g/mol. The van der Waals surface area contributed by atoms with Gasteiger partial charge >= 0.3 is 0 Å². The lowest BCUT2D eigenvalue weighted by molar-refractivity contribution is -0.117. The Labute approximate surface area is 171 Å². The van der Waals surface area contributed by atoms with Gasteiger partial charge in [0.2, 0.25) is 0 Å². The third-order valence-electron chi connectivity index (χ3n) is 4.46. The zero-order chi connectivity index (χ0) is 21.4. The van der Waals surface area contributed by atoms with Gasteiger partial charge in [-0.25, -0.2) is 0 Å². The molecular formula is C25H37NO2. The quantitative estimate of drug-likeness (QED) is 0.599. The summed E-state index contributed by atoms with van der Waals surface area (Å²) in [5.41, 5.74) is 6.30. The number of carbonyl (C=O) groups is 2. The largest absolute Gasteiger partial charge is 0.385 e. The SMILES string of the molecule is C=O.CC(=O)CCc1cc(NCCc2ccc(C)cc2)ccc1C.CCCC. The van der Waals surface area contributed by atoms with Gasteiger partial charge in [0, 0.05) is 18.7 Å². The fourth-order valence-corrected chi connectivity index (χ4v) is 2.47. The van der Waals surface area contributed by atoms with Crippen LogP contribution in [0.4, 0.5) is 5.69 Å². The molecule has 0 aliphatic rings. The number of anilines is 1. The van der Waals surface area contributed by atoms with Crippen LogP contribution >= 0.6 is 0 Å². The van der Waals surface area contributed by atoms with Crippen molar-refractivity contribution in [2.75, 3.05) is 11.9 Å². The predicted octanol–water partition coefficient (Wildman–Crippen LogP) is 6.10. The van der Waals surface area contributed by atoms with Gasteiger partial charge in [-0.3, -0.25) is 0 Å². The third kappa shape index (κ3) is 11.3. The third-order valence-corrected chi connectivity index (χ3v) is 4.46. The number of nitrogens with one attached hydrogen (secondary N) is 1. The van der Waals surface area contributed by atoms with Gasteiger partial charge in [0.15, 0.2) is 0 Å². The van der Waals surface area contributed by atoms with E-state index in [1.54, 1.807) is 6.92 Å². The van der Waals surface area contributed by atoms with Gasteiger partial charge in [-0.2, -0.15) is 0 Å². The Morgan fingerprint density at radius 3 is 2.07 bits per heavy atom. The Bertz CT molecular complexity index is 675. The van der Waals surface area contributed by atoms with Gasteiger partial charge in [0.05, 0.1) is 0 Å². The molecule has 0 fully saturated rings. The van der Waals surface area contributed by atoms with Crippen LogP contribution in [0, 0.1) is 13.8 Å². The second-order valence-corrected chi connectivity index (χ2v) is 7.01. The number of benzene rings is 2. The number of ketones is 1. The van der Waals surface area contributed by atoms with Crippen molar-refractivity contribution in [2.24, 2.45) is 0 Å². The molecule has 0 radical (unpaired) electrons. The van der Waals surface area contributed by atoms with Crippen molar-refractivity contribution < 1.29 is 9.59 Å². The Hall–Kier alpha value is -2.42. The minimum absolute atomic E-state index is 0.247. The number of hydrogen-bond acceptors (Lipinski definition) is 3. The molecule has 0 unspecified atom stereocenters. The number of aryl methyl sites for hydroxylation is 3. The summed E-state index contributed by atoms with van der Waals surface area (Å²) in [7, 11) is 0. The maximum absolute atomic E-state index is 11.2. The second-order valence-electron chi connectivity index (χ2n) is 7.01. The van der Waals surface area contributed by atoms with Crippen molar-refractivity contribution in [1.82, 2.24) is 0 Å². The molecule has 0 bridgehead atoms. The molecule has 0 saturated heterocycles. The summed E-state index contributed by atoms with van der Waals surface area (Å²) in [4.78, 5) is 19.2. The minimum Gasteiger partial charge on any atom is -0.385 e. The topological polar surface area (TPSA) is 46.2 Å². The molecule has 0 aliphatic heterocycles. The smallest absolute Gasteiger partial charge is 0.130 e. The maximum atomic E-state index is 11.2. The van der Waals surface area contributed by atoms with E-state index in [0.717, 1.165) is 25.1 Å². The van der Waals surface area contributed by atoms with E-state index in [-0.39, 0.29) is 5.78 Å². The first kappa shape index (κ1) is 25.6. The predicted molar refractivity (Wildman–Crippen MR) is 121 cm³/mol. The van der Waals surface area contributed by atoms with Crippen molar-refractivity contribution in [2.45, 2.75) is 66.7 Å². The zero-order valence-corrected chi connectivity index (χ0v) is 18.3. The van der Waals surface area contributed by atoms with Crippen LogP contribution in [0.5, 0.6) is 0 Å². The van der Waals surface area contributed by atoms with Crippen LogP contribution < -0.4 is 5.32 Å². The number of rotatable bonds is 8. The molecule has 3 nitrogen and oxygen atoms in total. The Balaban J connectivity index is 0.00000108. The van der Waals surface area contributed by atoms with E-state index in [0.29, 0.717) is 6.42 Å². The van der Waals surface area contributed by atoms with Gasteiger partial charge in [-0.15, -0.1) is 0 Å². The highest BCUT2D eigenvalue weighted by Gasteiger charge is 2.03. The first-order valence-electron chi connectivity index (χ1n) is 10.1. The van der Waals surface area contributed by atoms with Gasteiger partial charge in [0.25, 0.3) is 0 Å². The first-order valence-corrected chi connectivity index (χ1v) is 10.1. The van der Waals surface area contributed by atoms with Crippen molar-refractivity contribution in [3.8, 4) is 0 Å². The molecule has 28 heavy (non-hydrogen) atoms. The van der Waals surface area contributed by atoms with Crippen molar-refractivity contribution in [1.29, 1.82) is 0 Å². The summed E-state index contributed by atoms with van der Waals surface area (Å²) in [5, 5.41) is 3.48. The molecule has 0 aliphatic carbocycles. The summed E-state index contributed by atoms with van der Waals surface area (Å²) in [5.74, 6) is 0.247. The summed E-state index contributed by atoms with van der Waals surface area (Å²) < 4.78 is 0. The highest BCUT2D eigenvalue weighted by molar-refractivity contribution is 5.75. The van der Waals surface area contributed by atoms with Crippen LogP contribution in [0.15, 0.2) is 42.5 Å². The van der Waals surface area contributed by atoms with E-state index in [1.165, 1.54) is 35.1 Å². The number of hydrogen-bond donors (Lipinski definition) is 1. The van der Waals surface area contributed by atoms with Gasteiger partial charge in [-0.1, -0.05) is 62.6 Å². The Kier molecular flexibility index (Phi) is 14.3. The summed E-state index contributed by atoms with van der Waals surface area (Å²) >= 11 is 0. The molecule has 0 aromatic heterocycles. The van der Waals surface area contributed by atoms with Crippen LogP contribution in [0.2, 0.25) is 0 Å². The highest BCUT2D eigenvalue weighted by atomic mass is 16.1. The van der Waals surface area contributed by atoms with E-state index in [9.17, 15) is 4.79 Å². The summed E-state index contributed by atoms with van der Waals surface area (Å²) in [6, 6.07) is 15.1. The molecule has 0 spiro atoms. The molecule has 0 heterocycles. The van der Waals surface area contributed by atoms with Gasteiger partial charge in [-0.05, 0) is 62.4 Å². The van der Waals surface area contributed by atoms with E-state index in [1.807, 2.05) is 6.79 Å². The van der Waals surface area contributed by atoms with Crippen LogP contribution in [0.25, 0.3) is 0 Å². The van der Waals surface area contributed by atoms with Crippen LogP contribution in [0.3, 0.4) is 0 Å². The first-order chi connectivity index (χ1) is 13.5. The fraction of sp³-hybridized carbons (Fsp3) is 0.440. The molecule has 2 aromatic rings. The number of unbranched alkanes of at least 4 members (excludes halogenated alkanes) is 1. The molecular weight excluding hydrogens is 346 g/mol. The maximum Gasteiger partial charge on any atom is 0.130 e. The lowest BCUT2D eigenvalue weighted by atomic mass is 10.0. The minimum atomic E-state index is 0.247. The summed E-state index contributed by atoms with van der Waals surface area (Å²) in [6.07, 6.45) is 5.10. The second kappa shape index (κ2) is 15.6. The zero-order valence-electron chi connectivity index (χ0n) is 18.3. The molecule has 0 saturated carbocycles. The van der Waals surface area contributed by atoms with Gasteiger partial charge < -0.3 is 14.9 Å². The molecule has 0 amide bonds. The highest BCUT2D eigenvalue weighted by Crippen LogP contribution is 2.17. The van der Waals surface area contributed by atoms with E-state index in [2.05, 4.69) is 75.5 Å². The average Bonchev–Trinajstić information content (AvgIpc) is 2.71. The monoisotopic (exact) mass is 383 g/mol. The summed E-state index contributed by atoms with van der Waals surface area (Å²) in [6.45, 7) is 13.1. The van der Waals surface area contributed by atoms with E-state index < -0.39 is 0 Å². The molecule has 0 atom stereocenters. The fourth-order valence-electron chi connectivity index (χ4n) is 2.47. The number of Topliss-reactive ketones (excluding diaryl/α,β-unsaturated/α-hetero) is 1. The molecule has 1 N–H and O–H groups in total. The van der Waals surface area contributed by atoms with E-state index in [4.69, 9.17) is 4.79 Å². The standard InChI is InChI=1S/C20H25NO.C4H10.CH2O/c1-15-4-8-18(9-5-15)12-13-21-20-11-6-16(2)19(14-20)10-7-17(3)22;1-3-4-2;1-2/h4-6,8-9,11,14,21H,7,10,12-13H2,1-3H3;3-4H2,1-2H3;1H2. The molecule has 2 rings (SSSR count). The van der Waals surface area contributed by atoms with Gasteiger partial charge in [0.1, 0.15) is 12.6 Å². The Morgan fingerprint density at radius 2 is 1.54 bits per heavy atom. The van der Waals surface area contributed by atoms with Crippen molar-refractivity contribution >= 4 is 18.3 Å².